The van der Waals surface area contributed by atoms with E-state index in [9.17, 15) is 9.59 Å². The van der Waals surface area contributed by atoms with Crippen LogP contribution >= 0.6 is 11.3 Å². The summed E-state index contributed by atoms with van der Waals surface area (Å²) >= 11 is 1.54. The normalized spacial score (nSPS) is 18.6. The number of carbonyl (C=O) groups excluding carboxylic acids is 2. The van der Waals surface area contributed by atoms with Crippen LogP contribution in [0.3, 0.4) is 0 Å². The first kappa shape index (κ1) is 23.5. The van der Waals surface area contributed by atoms with Crippen molar-refractivity contribution in [3.8, 4) is 11.5 Å². The Bertz CT molecular complexity index is 1150. The van der Waals surface area contributed by atoms with Crippen molar-refractivity contribution in [2.45, 2.75) is 63.8 Å². The van der Waals surface area contributed by atoms with E-state index in [0.29, 0.717) is 23.0 Å². The zero-order valence-electron chi connectivity index (χ0n) is 19.8. The molecule has 0 saturated heterocycles. The second kappa shape index (κ2) is 10.6. The zero-order chi connectivity index (χ0) is 24.2. The van der Waals surface area contributed by atoms with Crippen LogP contribution in [0, 0.1) is 6.92 Å². The van der Waals surface area contributed by atoms with E-state index in [0.717, 1.165) is 30.6 Å². The zero-order valence-corrected chi connectivity index (χ0v) is 20.6. The predicted molar refractivity (Wildman–Crippen MR) is 132 cm³/mol. The number of nitrogens with one attached hydrogen (secondary N) is 1. The van der Waals surface area contributed by atoms with Crippen molar-refractivity contribution >= 4 is 23.2 Å². The first-order chi connectivity index (χ1) is 17.1. The van der Waals surface area contributed by atoms with Crippen LogP contribution in [0.1, 0.15) is 54.5 Å². The molecule has 2 amide bonds. The number of para-hydroxylation sites is 2. The number of fused-ring (bicyclic) bond motifs is 1. The molecule has 8 heteroatoms. The van der Waals surface area contributed by atoms with Crippen molar-refractivity contribution in [3.05, 3.63) is 70.3 Å². The number of thiophene rings is 1. The van der Waals surface area contributed by atoms with Gasteiger partial charge in [0.25, 0.3) is 11.8 Å². The maximum Gasteiger partial charge on any atom is 0.268 e. The summed E-state index contributed by atoms with van der Waals surface area (Å²) in [5.41, 5.74) is 0. The molecule has 5 rings (SSSR count). The van der Waals surface area contributed by atoms with Crippen molar-refractivity contribution < 1.29 is 23.5 Å². The van der Waals surface area contributed by atoms with Crippen LogP contribution in [0.15, 0.2) is 58.3 Å². The van der Waals surface area contributed by atoms with Crippen LogP contribution in [-0.4, -0.2) is 35.5 Å². The molecule has 1 N–H and O–H groups in total. The van der Waals surface area contributed by atoms with Gasteiger partial charge in [0.1, 0.15) is 18.1 Å². The summed E-state index contributed by atoms with van der Waals surface area (Å²) in [5, 5.41) is 5.16. The minimum Gasteiger partial charge on any atom is -0.485 e. The molecule has 3 heterocycles. The maximum absolute atomic E-state index is 14.0. The summed E-state index contributed by atoms with van der Waals surface area (Å²) in [5.74, 6) is 1.71. The Morgan fingerprint density at radius 1 is 1.06 bits per heavy atom. The molecule has 1 fully saturated rings. The highest BCUT2D eigenvalue weighted by molar-refractivity contribution is 7.09. The maximum atomic E-state index is 14.0. The average Bonchev–Trinajstić information content (AvgIpc) is 3.55. The Hall–Kier alpha value is -3.26. The van der Waals surface area contributed by atoms with Gasteiger partial charge in [-0.05, 0) is 55.5 Å². The van der Waals surface area contributed by atoms with E-state index in [1.54, 1.807) is 28.4 Å². The molecule has 35 heavy (non-hydrogen) atoms. The lowest BCUT2D eigenvalue weighted by molar-refractivity contribution is -0.150. The van der Waals surface area contributed by atoms with Gasteiger partial charge in [-0.1, -0.05) is 37.5 Å². The van der Waals surface area contributed by atoms with E-state index in [1.165, 1.54) is 6.42 Å². The van der Waals surface area contributed by atoms with Gasteiger partial charge in [-0.2, -0.15) is 0 Å². The summed E-state index contributed by atoms with van der Waals surface area (Å²) in [6.07, 6.45) is 4.41. The lowest BCUT2D eigenvalue weighted by atomic mass is 9.95. The van der Waals surface area contributed by atoms with E-state index in [4.69, 9.17) is 13.9 Å². The Labute approximate surface area is 209 Å². The third kappa shape index (κ3) is 5.37. The largest absolute Gasteiger partial charge is 0.485 e. The summed E-state index contributed by atoms with van der Waals surface area (Å²) in [7, 11) is 0. The van der Waals surface area contributed by atoms with Gasteiger partial charge < -0.3 is 24.1 Å². The van der Waals surface area contributed by atoms with Crippen molar-refractivity contribution in [2.24, 2.45) is 0 Å². The van der Waals surface area contributed by atoms with Crippen LogP contribution in [0.4, 0.5) is 0 Å². The Morgan fingerprint density at radius 3 is 2.57 bits per heavy atom. The highest BCUT2D eigenvalue weighted by atomic mass is 32.1. The standard InChI is InChI=1S/C27H30N2O5S/c1-18-13-14-23(33-18)25(26(30)28-19-8-3-2-4-9-19)29(16-20-10-7-15-35-20)27(31)24-17-32-21-11-5-6-12-22(21)34-24/h5-7,10-15,19,24-25H,2-4,8-9,16-17H2,1H3,(H,28,30)/t24-,25+/m1/s1. The number of amides is 2. The summed E-state index contributed by atoms with van der Waals surface area (Å²) in [6, 6.07) is 14.0. The molecule has 0 spiro atoms. The second-order valence-electron chi connectivity index (χ2n) is 9.10. The smallest absolute Gasteiger partial charge is 0.268 e. The van der Waals surface area contributed by atoms with Gasteiger partial charge in [0, 0.05) is 10.9 Å². The molecule has 1 aliphatic carbocycles. The number of aryl methyl sites for hydroxylation is 1. The fourth-order valence-corrected chi connectivity index (χ4v) is 5.45. The van der Waals surface area contributed by atoms with E-state index < -0.39 is 12.1 Å². The molecule has 1 aromatic carbocycles. The number of furan rings is 1. The molecule has 184 valence electrons. The van der Waals surface area contributed by atoms with Crippen molar-refractivity contribution in [3.63, 3.8) is 0 Å². The number of nitrogens with zero attached hydrogens (tertiary/aromatic N) is 1. The average molecular weight is 495 g/mol. The Kier molecular flexibility index (Phi) is 7.08. The van der Waals surface area contributed by atoms with Gasteiger partial charge in [0.15, 0.2) is 17.5 Å². The quantitative estimate of drug-likeness (QED) is 0.500. The summed E-state index contributed by atoms with van der Waals surface area (Å²) in [6.45, 7) is 2.17. The summed E-state index contributed by atoms with van der Waals surface area (Å²) in [4.78, 5) is 30.2. The van der Waals surface area contributed by atoms with Gasteiger partial charge in [-0.3, -0.25) is 9.59 Å². The first-order valence-electron chi connectivity index (χ1n) is 12.2. The molecule has 0 unspecified atom stereocenters. The van der Waals surface area contributed by atoms with Crippen molar-refractivity contribution in [2.75, 3.05) is 6.61 Å². The fourth-order valence-electron chi connectivity index (χ4n) is 4.74. The van der Waals surface area contributed by atoms with E-state index in [2.05, 4.69) is 5.32 Å². The van der Waals surface area contributed by atoms with E-state index in [-0.39, 0.29) is 31.0 Å². The number of hydrogen-bond donors (Lipinski definition) is 1. The SMILES string of the molecule is Cc1ccc([C@@H](C(=O)NC2CCCCC2)N(Cc2cccs2)C(=O)[C@H]2COc3ccccc3O2)o1. The Morgan fingerprint density at radius 2 is 1.86 bits per heavy atom. The van der Waals surface area contributed by atoms with Gasteiger partial charge in [-0.25, -0.2) is 0 Å². The minimum absolute atomic E-state index is 0.0743. The van der Waals surface area contributed by atoms with Gasteiger partial charge in [0.05, 0.1) is 6.54 Å². The van der Waals surface area contributed by atoms with Crippen LogP contribution in [0.25, 0.3) is 0 Å². The number of hydrogen-bond acceptors (Lipinski definition) is 6. The number of benzene rings is 1. The fraction of sp³-hybridized carbons (Fsp3) is 0.407. The number of ether oxygens (including phenoxy) is 2. The highest BCUT2D eigenvalue weighted by Crippen LogP contribution is 2.34. The van der Waals surface area contributed by atoms with E-state index >= 15 is 0 Å². The summed E-state index contributed by atoms with van der Waals surface area (Å²) < 4.78 is 17.8. The molecule has 1 aliphatic heterocycles. The molecular formula is C27H30N2O5S. The minimum atomic E-state index is -0.916. The molecule has 2 aromatic heterocycles. The predicted octanol–water partition coefficient (Wildman–Crippen LogP) is 5.01. The molecule has 3 aromatic rings. The number of carbonyl (C=O) groups is 2. The van der Waals surface area contributed by atoms with Crippen LogP contribution in [0.5, 0.6) is 11.5 Å². The first-order valence-corrected chi connectivity index (χ1v) is 13.0. The highest BCUT2D eigenvalue weighted by Gasteiger charge is 2.40. The van der Waals surface area contributed by atoms with Gasteiger partial charge in [0.2, 0.25) is 6.10 Å². The lowest BCUT2D eigenvalue weighted by Gasteiger charge is -2.35. The Balaban J connectivity index is 1.46. The monoisotopic (exact) mass is 494 g/mol. The van der Waals surface area contributed by atoms with E-state index in [1.807, 2.05) is 48.7 Å². The third-order valence-electron chi connectivity index (χ3n) is 6.52. The molecular weight excluding hydrogens is 464 g/mol. The third-order valence-corrected chi connectivity index (χ3v) is 7.38. The molecule has 7 nitrogen and oxygen atoms in total. The lowest BCUT2D eigenvalue weighted by Crippen LogP contribution is -2.51. The van der Waals surface area contributed by atoms with Crippen molar-refractivity contribution in [1.29, 1.82) is 0 Å². The molecule has 0 bridgehead atoms. The topological polar surface area (TPSA) is 81.0 Å². The van der Waals surface area contributed by atoms with Gasteiger partial charge >= 0.3 is 0 Å². The number of rotatable bonds is 7. The second-order valence-corrected chi connectivity index (χ2v) is 10.1. The van der Waals surface area contributed by atoms with Crippen LogP contribution < -0.4 is 14.8 Å². The van der Waals surface area contributed by atoms with Crippen LogP contribution in [-0.2, 0) is 16.1 Å². The molecule has 0 radical (unpaired) electrons. The molecule has 2 atom stereocenters. The molecule has 1 saturated carbocycles. The van der Waals surface area contributed by atoms with Gasteiger partial charge in [-0.15, -0.1) is 11.3 Å². The van der Waals surface area contributed by atoms with Crippen molar-refractivity contribution in [1.82, 2.24) is 10.2 Å². The van der Waals surface area contributed by atoms with Crippen LogP contribution in [0.2, 0.25) is 0 Å². The molecule has 2 aliphatic rings.